The average Bonchev–Trinajstić information content (AvgIpc) is 2.62. The number of carbonyl (C=O) groups is 1. The van der Waals surface area contributed by atoms with E-state index in [-0.39, 0.29) is 5.91 Å². The maximum absolute atomic E-state index is 12.3. The SMILES string of the molecule is CC1CC(C)CN(C(=O)c2sccc2Br)C1. The summed E-state index contributed by atoms with van der Waals surface area (Å²) in [5.41, 5.74) is 0. The van der Waals surface area contributed by atoms with E-state index in [1.165, 1.54) is 17.8 Å². The third-order valence-corrected chi connectivity index (χ3v) is 4.79. The lowest BCUT2D eigenvalue weighted by molar-refractivity contribution is 0.0627. The number of amides is 1. The van der Waals surface area contributed by atoms with Crippen LogP contribution in [-0.4, -0.2) is 23.9 Å². The maximum atomic E-state index is 12.3. The normalized spacial score (nSPS) is 25.8. The summed E-state index contributed by atoms with van der Waals surface area (Å²) in [7, 11) is 0. The molecule has 0 aromatic carbocycles. The number of hydrogen-bond acceptors (Lipinski definition) is 2. The topological polar surface area (TPSA) is 20.3 Å². The fraction of sp³-hybridized carbons (Fsp3) is 0.583. The summed E-state index contributed by atoms with van der Waals surface area (Å²) >= 11 is 4.94. The van der Waals surface area contributed by atoms with E-state index in [4.69, 9.17) is 0 Å². The molecule has 2 atom stereocenters. The van der Waals surface area contributed by atoms with Crippen molar-refractivity contribution in [3.63, 3.8) is 0 Å². The summed E-state index contributed by atoms with van der Waals surface area (Å²) in [5.74, 6) is 1.41. The van der Waals surface area contributed by atoms with Crippen molar-refractivity contribution < 1.29 is 4.79 Å². The Labute approximate surface area is 109 Å². The number of likely N-dealkylation sites (tertiary alicyclic amines) is 1. The van der Waals surface area contributed by atoms with Gasteiger partial charge in [-0.15, -0.1) is 11.3 Å². The van der Waals surface area contributed by atoms with Gasteiger partial charge in [-0.1, -0.05) is 13.8 Å². The van der Waals surface area contributed by atoms with Gasteiger partial charge in [0, 0.05) is 17.6 Å². The lowest BCUT2D eigenvalue weighted by Gasteiger charge is -2.34. The molecule has 4 heteroatoms. The largest absolute Gasteiger partial charge is 0.337 e. The first-order valence-corrected chi connectivity index (χ1v) is 7.27. The summed E-state index contributed by atoms with van der Waals surface area (Å²) in [6.07, 6.45) is 1.23. The van der Waals surface area contributed by atoms with Crippen LogP contribution in [0.15, 0.2) is 15.9 Å². The van der Waals surface area contributed by atoms with Crippen LogP contribution in [0.2, 0.25) is 0 Å². The van der Waals surface area contributed by atoms with Gasteiger partial charge in [-0.3, -0.25) is 4.79 Å². The van der Waals surface area contributed by atoms with Crippen molar-refractivity contribution in [2.45, 2.75) is 20.3 Å². The predicted octanol–water partition coefficient (Wildman–Crippen LogP) is 3.63. The first-order chi connectivity index (χ1) is 7.58. The molecule has 0 spiro atoms. The molecule has 0 N–H and O–H groups in total. The Morgan fingerprint density at radius 1 is 1.44 bits per heavy atom. The molecule has 2 heterocycles. The Bertz CT molecular complexity index is 380. The molecule has 1 fully saturated rings. The molecule has 2 rings (SSSR count). The smallest absolute Gasteiger partial charge is 0.265 e. The Hall–Kier alpha value is -0.350. The molecule has 0 radical (unpaired) electrons. The van der Waals surface area contributed by atoms with Crippen molar-refractivity contribution in [1.29, 1.82) is 0 Å². The van der Waals surface area contributed by atoms with Crippen molar-refractivity contribution in [2.24, 2.45) is 11.8 Å². The van der Waals surface area contributed by atoms with Crippen LogP contribution in [0.5, 0.6) is 0 Å². The van der Waals surface area contributed by atoms with Gasteiger partial charge in [0.1, 0.15) is 4.88 Å². The van der Waals surface area contributed by atoms with Crippen LogP contribution in [-0.2, 0) is 0 Å². The Morgan fingerprint density at radius 2 is 2.06 bits per heavy atom. The Morgan fingerprint density at radius 3 is 2.56 bits per heavy atom. The van der Waals surface area contributed by atoms with Crippen molar-refractivity contribution in [2.75, 3.05) is 13.1 Å². The molecule has 1 amide bonds. The second-order valence-corrected chi connectivity index (χ2v) is 6.52. The van der Waals surface area contributed by atoms with Crippen LogP contribution in [0.3, 0.4) is 0 Å². The minimum absolute atomic E-state index is 0.181. The van der Waals surface area contributed by atoms with Crippen LogP contribution >= 0.6 is 27.3 Å². The van der Waals surface area contributed by atoms with Gasteiger partial charge in [0.25, 0.3) is 5.91 Å². The minimum atomic E-state index is 0.181. The molecule has 16 heavy (non-hydrogen) atoms. The number of nitrogens with zero attached hydrogens (tertiary/aromatic N) is 1. The molecule has 0 bridgehead atoms. The van der Waals surface area contributed by atoms with Gasteiger partial charge >= 0.3 is 0 Å². The highest BCUT2D eigenvalue weighted by Crippen LogP contribution is 2.27. The maximum Gasteiger partial charge on any atom is 0.265 e. The molecule has 88 valence electrons. The van der Waals surface area contributed by atoms with Gasteiger partial charge in [0.15, 0.2) is 0 Å². The number of thiophene rings is 1. The lowest BCUT2D eigenvalue weighted by Crippen LogP contribution is -2.42. The van der Waals surface area contributed by atoms with Crippen LogP contribution in [0.25, 0.3) is 0 Å². The summed E-state index contributed by atoms with van der Waals surface area (Å²) < 4.78 is 0.924. The van der Waals surface area contributed by atoms with Gasteiger partial charge in [-0.25, -0.2) is 0 Å². The fourth-order valence-corrected chi connectivity index (χ4v) is 3.93. The van der Waals surface area contributed by atoms with Crippen LogP contribution < -0.4 is 0 Å². The Balaban J connectivity index is 2.13. The van der Waals surface area contributed by atoms with Gasteiger partial charge in [-0.2, -0.15) is 0 Å². The Kier molecular flexibility index (Phi) is 3.70. The van der Waals surface area contributed by atoms with E-state index in [0.29, 0.717) is 11.8 Å². The van der Waals surface area contributed by atoms with Crippen molar-refractivity contribution in [1.82, 2.24) is 4.90 Å². The van der Waals surface area contributed by atoms with E-state index in [9.17, 15) is 4.79 Å². The van der Waals surface area contributed by atoms with E-state index in [0.717, 1.165) is 22.4 Å². The molecule has 1 aliphatic heterocycles. The molecule has 1 aromatic rings. The molecule has 0 saturated carbocycles. The fourth-order valence-electron chi connectivity index (χ4n) is 2.42. The molecular weight excluding hydrogens is 286 g/mol. The molecule has 1 saturated heterocycles. The van der Waals surface area contributed by atoms with Crippen LogP contribution in [0.1, 0.15) is 29.9 Å². The number of carbonyl (C=O) groups excluding carboxylic acids is 1. The van der Waals surface area contributed by atoms with Crippen molar-refractivity contribution >= 4 is 33.2 Å². The zero-order valence-electron chi connectivity index (χ0n) is 9.57. The monoisotopic (exact) mass is 301 g/mol. The average molecular weight is 302 g/mol. The highest BCUT2D eigenvalue weighted by Gasteiger charge is 2.27. The molecule has 2 nitrogen and oxygen atoms in total. The third kappa shape index (κ3) is 2.48. The summed E-state index contributed by atoms with van der Waals surface area (Å²) in [6.45, 7) is 6.24. The highest BCUT2D eigenvalue weighted by molar-refractivity contribution is 9.10. The third-order valence-electron chi connectivity index (χ3n) is 2.97. The number of rotatable bonds is 1. The van der Waals surface area contributed by atoms with E-state index in [1.54, 1.807) is 0 Å². The first-order valence-electron chi connectivity index (χ1n) is 5.60. The van der Waals surface area contributed by atoms with Gasteiger partial charge in [-0.05, 0) is 45.6 Å². The molecule has 2 unspecified atom stereocenters. The van der Waals surface area contributed by atoms with E-state index < -0.39 is 0 Å². The molecule has 1 aromatic heterocycles. The van der Waals surface area contributed by atoms with Gasteiger partial charge in [0.05, 0.1) is 0 Å². The molecule has 0 aliphatic carbocycles. The number of piperidine rings is 1. The van der Waals surface area contributed by atoms with Gasteiger partial charge in [0.2, 0.25) is 0 Å². The second-order valence-electron chi connectivity index (χ2n) is 4.75. The standard InChI is InChI=1S/C12H16BrNOS/c1-8-5-9(2)7-14(6-8)12(15)11-10(13)3-4-16-11/h3-4,8-9H,5-7H2,1-2H3. The summed E-state index contributed by atoms with van der Waals surface area (Å²) in [4.78, 5) is 15.1. The van der Waals surface area contributed by atoms with Crippen LogP contribution in [0.4, 0.5) is 0 Å². The summed E-state index contributed by atoms with van der Waals surface area (Å²) in [5, 5.41) is 1.95. The number of halogens is 1. The predicted molar refractivity (Wildman–Crippen MR) is 70.9 cm³/mol. The van der Waals surface area contributed by atoms with Crippen molar-refractivity contribution in [3.8, 4) is 0 Å². The van der Waals surface area contributed by atoms with Crippen molar-refractivity contribution in [3.05, 3.63) is 20.8 Å². The minimum Gasteiger partial charge on any atom is -0.337 e. The number of hydrogen-bond donors (Lipinski definition) is 0. The zero-order chi connectivity index (χ0) is 11.7. The quantitative estimate of drug-likeness (QED) is 0.776. The van der Waals surface area contributed by atoms with E-state index >= 15 is 0 Å². The van der Waals surface area contributed by atoms with Gasteiger partial charge < -0.3 is 4.90 Å². The van der Waals surface area contributed by atoms with Crippen LogP contribution in [0, 0.1) is 11.8 Å². The van der Waals surface area contributed by atoms with E-state index in [2.05, 4.69) is 29.8 Å². The molecule has 1 aliphatic rings. The second kappa shape index (κ2) is 4.88. The highest BCUT2D eigenvalue weighted by atomic mass is 79.9. The summed E-state index contributed by atoms with van der Waals surface area (Å²) in [6, 6.07) is 1.94. The first kappa shape index (κ1) is 12.1. The van der Waals surface area contributed by atoms with E-state index in [1.807, 2.05) is 16.3 Å². The molecular formula is C12H16BrNOS. The lowest BCUT2D eigenvalue weighted by atomic mass is 9.92. The zero-order valence-corrected chi connectivity index (χ0v) is 12.0.